The van der Waals surface area contributed by atoms with E-state index in [-0.39, 0.29) is 24.0 Å². The van der Waals surface area contributed by atoms with Crippen LogP contribution in [0.25, 0.3) is 0 Å². The number of benzene rings is 1. The Labute approximate surface area is 184 Å². The summed E-state index contributed by atoms with van der Waals surface area (Å²) in [5.41, 5.74) is 1.46. The van der Waals surface area contributed by atoms with Gasteiger partial charge in [-0.1, -0.05) is 30.3 Å². The quantitative estimate of drug-likeness (QED) is 0.395. The Bertz CT molecular complexity index is 746. The molecule has 0 radical (unpaired) electrons. The Morgan fingerprint density at radius 1 is 1.07 bits per heavy atom. The van der Waals surface area contributed by atoms with Gasteiger partial charge in [0.15, 0.2) is 5.96 Å². The van der Waals surface area contributed by atoms with Crippen molar-refractivity contribution in [2.45, 2.75) is 19.3 Å². The molecule has 2 aromatic rings. The molecule has 2 aliphatic rings. The number of nitrogens with one attached hydrogen (secondary N) is 1. The topological polar surface area (TPSA) is 56.7 Å². The molecule has 1 N–H and O–H groups in total. The van der Waals surface area contributed by atoms with Crippen LogP contribution in [-0.4, -0.2) is 60.1 Å². The van der Waals surface area contributed by atoms with Gasteiger partial charge >= 0.3 is 0 Å². The molecule has 1 aromatic heterocycles. The third-order valence-corrected chi connectivity index (χ3v) is 5.37. The van der Waals surface area contributed by atoms with Crippen LogP contribution in [0, 0.1) is 5.92 Å². The average molecular weight is 492 g/mol. The monoisotopic (exact) mass is 492 g/mol. The zero-order valence-corrected chi connectivity index (χ0v) is 18.7. The van der Waals surface area contributed by atoms with E-state index < -0.39 is 0 Å². The molecule has 0 spiro atoms. The minimum absolute atomic E-state index is 0. The number of guanidine groups is 1. The third kappa shape index (κ3) is 5.12. The highest BCUT2D eigenvalue weighted by Crippen LogP contribution is 2.47. The number of piperazine rings is 1. The number of anilines is 1. The zero-order valence-electron chi connectivity index (χ0n) is 16.4. The van der Waals surface area contributed by atoms with Crippen molar-refractivity contribution in [1.29, 1.82) is 0 Å². The van der Waals surface area contributed by atoms with Gasteiger partial charge in [-0.05, 0) is 36.8 Å². The van der Waals surface area contributed by atoms with Crippen molar-refractivity contribution in [1.82, 2.24) is 20.2 Å². The highest BCUT2D eigenvalue weighted by atomic mass is 127. The SMILES string of the molecule is CCNC(=NCC1CC1c1ccccc1)N1CCN(c2ncccn2)CC1.I. The van der Waals surface area contributed by atoms with Gasteiger partial charge in [-0.2, -0.15) is 0 Å². The van der Waals surface area contributed by atoms with Crippen molar-refractivity contribution in [3.8, 4) is 0 Å². The molecule has 2 heterocycles. The van der Waals surface area contributed by atoms with E-state index >= 15 is 0 Å². The van der Waals surface area contributed by atoms with Crippen LogP contribution in [0.3, 0.4) is 0 Å². The summed E-state index contributed by atoms with van der Waals surface area (Å²) in [6, 6.07) is 12.7. The van der Waals surface area contributed by atoms with Crippen LogP contribution in [0.5, 0.6) is 0 Å². The molecule has 0 bridgehead atoms. The second-order valence-corrected chi connectivity index (χ2v) is 7.23. The molecule has 1 aliphatic carbocycles. The van der Waals surface area contributed by atoms with Gasteiger partial charge in [0.25, 0.3) is 0 Å². The van der Waals surface area contributed by atoms with Crippen LogP contribution in [0.2, 0.25) is 0 Å². The average Bonchev–Trinajstić information content (AvgIpc) is 3.52. The van der Waals surface area contributed by atoms with Crippen LogP contribution in [-0.2, 0) is 0 Å². The van der Waals surface area contributed by atoms with Gasteiger partial charge in [-0.15, -0.1) is 24.0 Å². The highest BCUT2D eigenvalue weighted by molar-refractivity contribution is 14.0. The molecule has 1 saturated heterocycles. The van der Waals surface area contributed by atoms with Crippen LogP contribution in [0.1, 0.15) is 24.8 Å². The molecule has 0 amide bonds. The van der Waals surface area contributed by atoms with Gasteiger partial charge in [0.2, 0.25) is 5.95 Å². The minimum atomic E-state index is 0. The van der Waals surface area contributed by atoms with E-state index in [0.717, 1.165) is 51.2 Å². The normalized spacial score (nSPS) is 21.8. The smallest absolute Gasteiger partial charge is 0.225 e. The van der Waals surface area contributed by atoms with Crippen LogP contribution < -0.4 is 10.2 Å². The fourth-order valence-electron chi connectivity index (χ4n) is 3.76. The van der Waals surface area contributed by atoms with Gasteiger partial charge in [-0.3, -0.25) is 4.99 Å². The van der Waals surface area contributed by atoms with Gasteiger partial charge in [0.1, 0.15) is 0 Å². The first-order chi connectivity index (χ1) is 13.3. The second kappa shape index (κ2) is 10.0. The first-order valence-electron chi connectivity index (χ1n) is 9.95. The maximum atomic E-state index is 4.95. The molecule has 1 saturated carbocycles. The number of aromatic nitrogens is 2. The summed E-state index contributed by atoms with van der Waals surface area (Å²) in [4.78, 5) is 18.3. The van der Waals surface area contributed by atoms with Gasteiger partial charge in [0, 0.05) is 51.7 Å². The highest BCUT2D eigenvalue weighted by Gasteiger charge is 2.38. The van der Waals surface area contributed by atoms with Crippen molar-refractivity contribution < 1.29 is 0 Å². The fraction of sp³-hybridized carbons (Fsp3) is 0.476. The lowest BCUT2D eigenvalue weighted by atomic mass is 10.1. The van der Waals surface area contributed by atoms with Crippen molar-refractivity contribution in [3.63, 3.8) is 0 Å². The van der Waals surface area contributed by atoms with Crippen molar-refractivity contribution >= 4 is 35.9 Å². The first-order valence-corrected chi connectivity index (χ1v) is 9.95. The van der Waals surface area contributed by atoms with E-state index in [1.165, 1.54) is 12.0 Å². The van der Waals surface area contributed by atoms with E-state index in [9.17, 15) is 0 Å². The number of aliphatic imine (C=N–C) groups is 1. The van der Waals surface area contributed by atoms with E-state index in [2.05, 4.69) is 62.3 Å². The van der Waals surface area contributed by atoms with Crippen LogP contribution >= 0.6 is 24.0 Å². The maximum Gasteiger partial charge on any atom is 0.225 e. The number of hydrogen-bond donors (Lipinski definition) is 1. The molecule has 2 unspecified atom stereocenters. The summed E-state index contributed by atoms with van der Waals surface area (Å²) in [6.07, 6.45) is 4.87. The van der Waals surface area contributed by atoms with Crippen molar-refractivity contribution in [2.24, 2.45) is 10.9 Å². The molecule has 2 fully saturated rings. The lowest BCUT2D eigenvalue weighted by Gasteiger charge is -2.36. The van der Waals surface area contributed by atoms with Crippen LogP contribution in [0.4, 0.5) is 5.95 Å². The Morgan fingerprint density at radius 2 is 1.79 bits per heavy atom. The van der Waals surface area contributed by atoms with Crippen molar-refractivity contribution in [3.05, 3.63) is 54.4 Å². The molecule has 28 heavy (non-hydrogen) atoms. The predicted octanol–water partition coefficient (Wildman–Crippen LogP) is 2.99. The Morgan fingerprint density at radius 3 is 2.46 bits per heavy atom. The Hall–Kier alpha value is -1.90. The summed E-state index contributed by atoms with van der Waals surface area (Å²) in [5.74, 6) is 3.23. The molecular weight excluding hydrogens is 463 g/mol. The molecule has 6 nitrogen and oxygen atoms in total. The number of halogens is 1. The first kappa shape index (κ1) is 20.8. The van der Waals surface area contributed by atoms with Gasteiger partial charge in [-0.25, -0.2) is 9.97 Å². The fourth-order valence-corrected chi connectivity index (χ4v) is 3.76. The number of rotatable bonds is 5. The second-order valence-electron chi connectivity index (χ2n) is 7.23. The summed E-state index contributed by atoms with van der Waals surface area (Å²) < 4.78 is 0. The predicted molar refractivity (Wildman–Crippen MR) is 125 cm³/mol. The molecule has 4 rings (SSSR count). The van der Waals surface area contributed by atoms with E-state index in [0.29, 0.717) is 11.8 Å². The number of nitrogens with zero attached hydrogens (tertiary/aromatic N) is 5. The van der Waals surface area contributed by atoms with Gasteiger partial charge in [0.05, 0.1) is 0 Å². The molecule has 1 aliphatic heterocycles. The largest absolute Gasteiger partial charge is 0.357 e. The number of hydrogen-bond acceptors (Lipinski definition) is 4. The minimum Gasteiger partial charge on any atom is -0.357 e. The lowest BCUT2D eigenvalue weighted by molar-refractivity contribution is 0.370. The molecule has 2 atom stereocenters. The van der Waals surface area contributed by atoms with Gasteiger partial charge < -0.3 is 15.1 Å². The summed E-state index contributed by atoms with van der Waals surface area (Å²) in [7, 11) is 0. The van der Waals surface area contributed by atoms with E-state index in [1.807, 2.05) is 6.07 Å². The maximum absolute atomic E-state index is 4.95. The van der Waals surface area contributed by atoms with E-state index in [1.54, 1.807) is 12.4 Å². The third-order valence-electron chi connectivity index (χ3n) is 5.37. The van der Waals surface area contributed by atoms with Crippen LogP contribution in [0.15, 0.2) is 53.8 Å². The molecule has 1 aromatic carbocycles. The Kier molecular flexibility index (Phi) is 7.47. The lowest BCUT2D eigenvalue weighted by Crippen LogP contribution is -2.53. The zero-order chi connectivity index (χ0) is 18.5. The summed E-state index contributed by atoms with van der Waals surface area (Å²) >= 11 is 0. The van der Waals surface area contributed by atoms with E-state index in [4.69, 9.17) is 4.99 Å². The standard InChI is InChI=1S/C21H28N6.HI/c1-2-22-20(25-16-18-15-19(18)17-7-4-3-5-8-17)26-11-13-27(14-12-26)21-23-9-6-10-24-21;/h3-10,18-19H,2,11-16H2,1H3,(H,22,25);1H. The molecule has 7 heteroatoms. The van der Waals surface area contributed by atoms with Crippen molar-refractivity contribution in [2.75, 3.05) is 44.2 Å². The summed E-state index contributed by atoms with van der Waals surface area (Å²) in [6.45, 7) is 7.66. The molecule has 150 valence electrons. The molecular formula is C21H29IN6. The Balaban J connectivity index is 0.00000225. The summed E-state index contributed by atoms with van der Waals surface area (Å²) in [5, 5.41) is 3.47.